The van der Waals surface area contributed by atoms with Crippen LogP contribution in [0.3, 0.4) is 0 Å². The van der Waals surface area contributed by atoms with Crippen molar-refractivity contribution >= 4 is 0 Å². The predicted molar refractivity (Wildman–Crippen MR) is 103 cm³/mol. The minimum Gasteiger partial charge on any atom is -0.326 e. The van der Waals surface area contributed by atoms with Crippen LogP contribution in [0.15, 0.2) is 61.1 Å². The highest BCUT2D eigenvalue weighted by Crippen LogP contribution is 2.25. The molecule has 2 unspecified atom stereocenters. The molecule has 1 aliphatic heterocycles. The van der Waals surface area contributed by atoms with Crippen LogP contribution < -0.4 is 5.73 Å². The molecule has 2 aromatic heterocycles. The second-order valence-electron chi connectivity index (χ2n) is 7.26. The third-order valence-corrected chi connectivity index (χ3v) is 5.10. The first-order valence-electron chi connectivity index (χ1n) is 9.17. The molecule has 0 radical (unpaired) electrons. The lowest BCUT2D eigenvalue weighted by molar-refractivity contribution is 0.319. The molecule has 0 amide bonds. The van der Waals surface area contributed by atoms with E-state index in [1.54, 1.807) is 6.20 Å². The van der Waals surface area contributed by atoms with Crippen LogP contribution in [0.2, 0.25) is 0 Å². The molecule has 1 aromatic carbocycles. The number of hydrogen-bond acceptors (Lipinski definition) is 4. The number of rotatable bonds is 5. The smallest absolute Gasteiger partial charge is 0.0983 e. The van der Waals surface area contributed by atoms with Crippen molar-refractivity contribution in [3.05, 3.63) is 72.2 Å². The largest absolute Gasteiger partial charge is 0.326 e. The molecule has 3 heterocycles. The molecule has 134 valence electrons. The van der Waals surface area contributed by atoms with Gasteiger partial charge in [-0.05, 0) is 23.6 Å². The highest BCUT2D eigenvalue weighted by molar-refractivity contribution is 5.61. The van der Waals surface area contributed by atoms with Crippen molar-refractivity contribution in [3.63, 3.8) is 0 Å². The summed E-state index contributed by atoms with van der Waals surface area (Å²) in [5, 5.41) is 4.87. The maximum absolute atomic E-state index is 6.21. The second kappa shape index (κ2) is 7.40. The number of likely N-dealkylation sites (tertiary alicyclic amines) is 1. The van der Waals surface area contributed by atoms with Crippen molar-refractivity contribution < 1.29 is 0 Å². The van der Waals surface area contributed by atoms with E-state index in [2.05, 4.69) is 53.3 Å². The minimum absolute atomic E-state index is 0.260. The topological polar surface area (TPSA) is 60.0 Å². The second-order valence-corrected chi connectivity index (χ2v) is 7.26. The van der Waals surface area contributed by atoms with Crippen LogP contribution in [-0.2, 0) is 13.1 Å². The van der Waals surface area contributed by atoms with E-state index in [-0.39, 0.29) is 6.04 Å². The molecular formula is C21H25N5. The van der Waals surface area contributed by atoms with E-state index < -0.39 is 0 Å². The Hall–Kier alpha value is -2.50. The van der Waals surface area contributed by atoms with Crippen LogP contribution >= 0.6 is 0 Å². The Morgan fingerprint density at radius 1 is 1.08 bits per heavy atom. The molecule has 0 aliphatic carbocycles. The lowest BCUT2D eigenvalue weighted by Gasteiger charge is -2.14. The van der Waals surface area contributed by atoms with E-state index in [0.717, 1.165) is 37.4 Å². The first-order chi connectivity index (χ1) is 12.7. The Balaban J connectivity index is 1.62. The summed E-state index contributed by atoms with van der Waals surface area (Å²) in [5.74, 6) is 0.538. The first kappa shape index (κ1) is 16.9. The van der Waals surface area contributed by atoms with Crippen LogP contribution in [0.5, 0.6) is 0 Å². The summed E-state index contributed by atoms with van der Waals surface area (Å²) in [7, 11) is 0. The molecule has 3 aromatic rings. The Bertz CT molecular complexity index is 833. The number of pyridine rings is 1. The lowest BCUT2D eigenvalue weighted by Crippen LogP contribution is -2.28. The van der Waals surface area contributed by atoms with Gasteiger partial charge in [0, 0.05) is 55.4 Å². The van der Waals surface area contributed by atoms with Crippen molar-refractivity contribution in [2.45, 2.75) is 26.1 Å². The molecular weight excluding hydrogens is 322 g/mol. The number of nitrogens with two attached hydrogens (primary N) is 1. The molecule has 5 nitrogen and oxygen atoms in total. The van der Waals surface area contributed by atoms with Gasteiger partial charge < -0.3 is 5.73 Å². The fraction of sp³-hybridized carbons (Fsp3) is 0.333. The molecule has 0 spiro atoms. The number of hydrogen-bond donors (Lipinski definition) is 1. The average molecular weight is 347 g/mol. The van der Waals surface area contributed by atoms with Gasteiger partial charge in [-0.1, -0.05) is 37.3 Å². The zero-order valence-electron chi connectivity index (χ0n) is 15.1. The van der Waals surface area contributed by atoms with Gasteiger partial charge in [-0.15, -0.1) is 0 Å². The summed E-state index contributed by atoms with van der Waals surface area (Å²) in [6, 6.07) is 14.7. The van der Waals surface area contributed by atoms with Gasteiger partial charge in [0.2, 0.25) is 0 Å². The molecule has 26 heavy (non-hydrogen) atoms. The monoisotopic (exact) mass is 347 g/mol. The SMILES string of the molecule is CC1CN(Cc2cn(Cc3ccccc3)nc2-c2cccnc2)CC1N. The van der Waals surface area contributed by atoms with Crippen LogP contribution in [0.25, 0.3) is 11.3 Å². The van der Waals surface area contributed by atoms with Gasteiger partial charge in [-0.25, -0.2) is 0 Å². The lowest BCUT2D eigenvalue weighted by atomic mass is 10.1. The molecule has 1 fully saturated rings. The van der Waals surface area contributed by atoms with Crippen molar-refractivity contribution in [2.75, 3.05) is 13.1 Å². The molecule has 0 bridgehead atoms. The first-order valence-corrected chi connectivity index (χ1v) is 9.17. The third-order valence-electron chi connectivity index (χ3n) is 5.10. The van der Waals surface area contributed by atoms with E-state index in [1.807, 2.05) is 23.0 Å². The van der Waals surface area contributed by atoms with E-state index in [4.69, 9.17) is 10.8 Å². The minimum atomic E-state index is 0.260. The van der Waals surface area contributed by atoms with Crippen molar-refractivity contribution in [2.24, 2.45) is 11.7 Å². The van der Waals surface area contributed by atoms with Crippen molar-refractivity contribution in [1.29, 1.82) is 0 Å². The van der Waals surface area contributed by atoms with Crippen molar-refractivity contribution in [3.8, 4) is 11.3 Å². The third kappa shape index (κ3) is 3.69. The molecule has 0 saturated carbocycles. The molecule has 4 rings (SSSR count). The summed E-state index contributed by atoms with van der Waals surface area (Å²) < 4.78 is 2.03. The standard InChI is InChI=1S/C21H25N5/c1-16-11-25(15-20(16)22)13-19-14-26(12-17-6-3-2-4-7-17)24-21(19)18-8-5-9-23-10-18/h2-10,14,16,20H,11-13,15,22H2,1H3. The molecule has 2 N–H and O–H groups in total. The average Bonchev–Trinajstić information content (AvgIpc) is 3.19. The maximum Gasteiger partial charge on any atom is 0.0983 e. The van der Waals surface area contributed by atoms with Gasteiger partial charge in [-0.2, -0.15) is 5.10 Å². The van der Waals surface area contributed by atoms with Crippen LogP contribution in [-0.4, -0.2) is 38.8 Å². The number of nitrogens with zero attached hydrogens (tertiary/aromatic N) is 4. The Morgan fingerprint density at radius 2 is 1.92 bits per heavy atom. The Kier molecular flexibility index (Phi) is 4.82. The predicted octanol–water partition coefficient (Wildman–Crippen LogP) is 2.77. The van der Waals surface area contributed by atoms with E-state index in [1.165, 1.54) is 11.1 Å². The fourth-order valence-corrected chi connectivity index (χ4v) is 3.64. The zero-order valence-corrected chi connectivity index (χ0v) is 15.1. The van der Waals surface area contributed by atoms with E-state index >= 15 is 0 Å². The summed E-state index contributed by atoms with van der Waals surface area (Å²) >= 11 is 0. The summed E-state index contributed by atoms with van der Waals surface area (Å²) in [4.78, 5) is 6.70. The summed E-state index contributed by atoms with van der Waals surface area (Å²) in [6.07, 6.45) is 5.85. The van der Waals surface area contributed by atoms with Crippen LogP contribution in [0.4, 0.5) is 0 Å². The fourth-order valence-electron chi connectivity index (χ4n) is 3.64. The van der Waals surface area contributed by atoms with Crippen LogP contribution in [0.1, 0.15) is 18.1 Å². The van der Waals surface area contributed by atoms with Gasteiger partial charge in [0.25, 0.3) is 0 Å². The molecule has 5 heteroatoms. The number of aromatic nitrogens is 3. The van der Waals surface area contributed by atoms with Crippen molar-refractivity contribution in [1.82, 2.24) is 19.7 Å². The van der Waals surface area contributed by atoms with E-state index in [0.29, 0.717) is 5.92 Å². The quantitative estimate of drug-likeness (QED) is 0.771. The summed E-state index contributed by atoms with van der Waals surface area (Å²) in [6.45, 7) is 5.85. The molecule has 1 saturated heterocycles. The Labute approximate surface area is 154 Å². The highest BCUT2D eigenvalue weighted by atomic mass is 15.3. The van der Waals surface area contributed by atoms with Gasteiger partial charge in [0.1, 0.15) is 0 Å². The molecule has 2 atom stereocenters. The van der Waals surface area contributed by atoms with Gasteiger partial charge in [-0.3, -0.25) is 14.6 Å². The van der Waals surface area contributed by atoms with E-state index in [9.17, 15) is 0 Å². The highest BCUT2D eigenvalue weighted by Gasteiger charge is 2.27. The normalized spacial score (nSPS) is 20.5. The Morgan fingerprint density at radius 3 is 2.62 bits per heavy atom. The van der Waals surface area contributed by atoms with Crippen LogP contribution in [0, 0.1) is 5.92 Å². The van der Waals surface area contributed by atoms with Gasteiger partial charge in [0.15, 0.2) is 0 Å². The number of benzene rings is 1. The zero-order chi connectivity index (χ0) is 17.9. The van der Waals surface area contributed by atoms with Gasteiger partial charge >= 0.3 is 0 Å². The molecule has 1 aliphatic rings. The van der Waals surface area contributed by atoms with Gasteiger partial charge in [0.05, 0.1) is 12.2 Å². The maximum atomic E-state index is 6.21. The summed E-state index contributed by atoms with van der Waals surface area (Å²) in [5.41, 5.74) is 10.8.